The van der Waals surface area contributed by atoms with E-state index in [1.165, 1.54) is 16.7 Å². The first-order chi connectivity index (χ1) is 12.9. The minimum absolute atomic E-state index is 0.0387. The van der Waals surface area contributed by atoms with Crippen LogP contribution in [0.1, 0.15) is 18.4 Å². The number of alkyl halides is 3. The average Bonchev–Trinajstić information content (AvgIpc) is 3.16. The molecule has 0 saturated heterocycles. The van der Waals surface area contributed by atoms with Crippen LogP contribution in [0.4, 0.5) is 13.2 Å². The smallest absolute Gasteiger partial charge is 0.408 e. The third kappa shape index (κ3) is 3.08. The number of benzene rings is 1. The van der Waals surface area contributed by atoms with Crippen molar-refractivity contribution in [3.8, 4) is 5.69 Å². The van der Waals surface area contributed by atoms with Crippen molar-refractivity contribution in [2.24, 2.45) is 0 Å². The number of fused-ring (bicyclic) bond motifs is 2. The molecule has 1 aromatic carbocycles. The number of rotatable bonds is 4. The molecular weight excluding hydrogens is 365 g/mol. The summed E-state index contributed by atoms with van der Waals surface area (Å²) in [6.07, 6.45) is -4.58. The Hall–Kier alpha value is -3.14. The molecule has 4 rings (SSSR count). The average molecular weight is 378 g/mol. The first kappa shape index (κ1) is 17.3. The lowest BCUT2D eigenvalue weighted by molar-refractivity contribution is -0.141. The van der Waals surface area contributed by atoms with Crippen LogP contribution in [0.15, 0.2) is 39.5 Å². The molecular formula is C17H13F3N4O3. The molecule has 0 fully saturated rings. The van der Waals surface area contributed by atoms with E-state index in [-0.39, 0.29) is 17.8 Å². The highest BCUT2D eigenvalue weighted by atomic mass is 19.4. The van der Waals surface area contributed by atoms with Crippen LogP contribution in [0.5, 0.6) is 0 Å². The van der Waals surface area contributed by atoms with Crippen molar-refractivity contribution in [3.63, 3.8) is 0 Å². The molecule has 1 N–H and O–H groups in total. The minimum atomic E-state index is -4.58. The van der Waals surface area contributed by atoms with Gasteiger partial charge in [0.2, 0.25) is 0 Å². The number of H-pyrrole nitrogens is 1. The van der Waals surface area contributed by atoms with Crippen LogP contribution < -0.4 is 5.76 Å². The van der Waals surface area contributed by atoms with E-state index in [0.29, 0.717) is 29.2 Å². The zero-order valence-corrected chi connectivity index (χ0v) is 14.0. The first-order valence-electron chi connectivity index (χ1n) is 8.03. The summed E-state index contributed by atoms with van der Waals surface area (Å²) < 4.78 is 51.2. The van der Waals surface area contributed by atoms with Gasteiger partial charge in [0.25, 0.3) is 0 Å². The van der Waals surface area contributed by atoms with E-state index in [1.807, 2.05) is 0 Å². The van der Waals surface area contributed by atoms with Crippen LogP contribution in [-0.4, -0.2) is 26.1 Å². The lowest BCUT2D eigenvalue weighted by Crippen LogP contribution is -2.09. The second kappa shape index (κ2) is 6.23. The molecule has 3 aromatic heterocycles. The van der Waals surface area contributed by atoms with Crippen molar-refractivity contribution >= 4 is 22.3 Å². The Kier molecular flexibility index (Phi) is 3.99. The van der Waals surface area contributed by atoms with Gasteiger partial charge in [0.15, 0.2) is 11.2 Å². The molecule has 0 saturated carbocycles. The van der Waals surface area contributed by atoms with Crippen molar-refractivity contribution in [2.45, 2.75) is 19.7 Å². The zero-order chi connectivity index (χ0) is 19.2. The van der Waals surface area contributed by atoms with E-state index in [1.54, 1.807) is 19.1 Å². The van der Waals surface area contributed by atoms with Gasteiger partial charge in [0, 0.05) is 12.7 Å². The second-order valence-corrected chi connectivity index (χ2v) is 5.73. The Morgan fingerprint density at radius 2 is 2.04 bits per heavy atom. The summed E-state index contributed by atoms with van der Waals surface area (Å²) in [5, 5.41) is 0. The van der Waals surface area contributed by atoms with Gasteiger partial charge in [-0.1, -0.05) is 0 Å². The number of nitrogens with one attached hydrogen (secondary N) is 1. The summed E-state index contributed by atoms with van der Waals surface area (Å²) in [6.45, 7) is 2.30. The maximum absolute atomic E-state index is 13.1. The van der Waals surface area contributed by atoms with E-state index in [9.17, 15) is 18.0 Å². The number of pyridine rings is 1. The summed E-state index contributed by atoms with van der Waals surface area (Å²) in [5.74, 6) is -0.236. The number of imidazole rings is 1. The molecule has 10 heteroatoms. The predicted octanol–water partition coefficient (Wildman–Crippen LogP) is 3.41. The molecule has 0 aliphatic heterocycles. The topological polar surface area (TPSA) is 85.9 Å². The number of oxazole rings is 1. The summed E-state index contributed by atoms with van der Waals surface area (Å²) in [6, 6.07) is 6.92. The zero-order valence-electron chi connectivity index (χ0n) is 14.0. The highest BCUT2D eigenvalue weighted by Gasteiger charge is 2.33. The quantitative estimate of drug-likeness (QED) is 0.588. The first-order valence-corrected chi connectivity index (χ1v) is 8.03. The molecule has 0 atom stereocenters. The maximum Gasteiger partial charge on any atom is 0.433 e. The van der Waals surface area contributed by atoms with Gasteiger partial charge in [-0.15, -0.1) is 0 Å². The van der Waals surface area contributed by atoms with Crippen LogP contribution in [0.25, 0.3) is 28.0 Å². The Balaban J connectivity index is 1.97. The molecule has 7 nitrogen and oxygen atoms in total. The molecule has 0 amide bonds. The number of hydrogen-bond acceptors (Lipinski definition) is 5. The van der Waals surface area contributed by atoms with Crippen LogP contribution >= 0.6 is 0 Å². The molecule has 0 unspecified atom stereocenters. The standard InChI is InChI=1S/C17H13F3N4O3/c1-2-26-8-14-21-11-5-6-13(17(18,19)20)23-15(11)24(14)9-3-4-10-12(7-9)27-16(25)22-10/h3-7H,2,8H2,1H3,(H,22,25). The van der Waals surface area contributed by atoms with Gasteiger partial charge in [-0.3, -0.25) is 9.55 Å². The van der Waals surface area contributed by atoms with Gasteiger partial charge >= 0.3 is 11.9 Å². The van der Waals surface area contributed by atoms with Gasteiger partial charge in [0.05, 0.1) is 11.2 Å². The van der Waals surface area contributed by atoms with Crippen LogP contribution in [0, 0.1) is 0 Å². The van der Waals surface area contributed by atoms with Gasteiger partial charge < -0.3 is 9.15 Å². The number of nitrogens with zero attached hydrogens (tertiary/aromatic N) is 3. The summed E-state index contributed by atoms with van der Waals surface area (Å²) in [7, 11) is 0. The van der Waals surface area contributed by atoms with Gasteiger partial charge in [0.1, 0.15) is 23.6 Å². The number of halogens is 3. The Morgan fingerprint density at radius 3 is 2.78 bits per heavy atom. The van der Waals surface area contributed by atoms with Crippen molar-refractivity contribution in [3.05, 3.63) is 52.4 Å². The van der Waals surface area contributed by atoms with Gasteiger partial charge in [-0.05, 0) is 31.2 Å². The summed E-state index contributed by atoms with van der Waals surface area (Å²) >= 11 is 0. The largest absolute Gasteiger partial charge is 0.433 e. The van der Waals surface area contributed by atoms with Crippen LogP contribution in [-0.2, 0) is 17.5 Å². The molecule has 0 spiro atoms. The Morgan fingerprint density at radius 1 is 1.22 bits per heavy atom. The van der Waals surface area contributed by atoms with Crippen LogP contribution in [0.2, 0.25) is 0 Å². The molecule has 27 heavy (non-hydrogen) atoms. The summed E-state index contributed by atoms with van der Waals surface area (Å²) in [5.41, 5.74) is 0.518. The maximum atomic E-state index is 13.1. The fraction of sp³-hybridized carbons (Fsp3) is 0.235. The van der Waals surface area contributed by atoms with Gasteiger partial charge in [-0.25, -0.2) is 14.8 Å². The van der Waals surface area contributed by atoms with Crippen molar-refractivity contribution in [2.75, 3.05) is 6.61 Å². The number of aromatic nitrogens is 4. The normalized spacial score (nSPS) is 12.3. The molecule has 4 aromatic rings. The summed E-state index contributed by atoms with van der Waals surface area (Å²) in [4.78, 5) is 22.0. The van der Waals surface area contributed by atoms with E-state index in [4.69, 9.17) is 9.15 Å². The molecule has 3 heterocycles. The number of ether oxygens (including phenoxy) is 1. The second-order valence-electron chi connectivity index (χ2n) is 5.73. The van der Waals surface area contributed by atoms with Crippen molar-refractivity contribution in [1.29, 1.82) is 0 Å². The van der Waals surface area contributed by atoms with E-state index in [2.05, 4.69) is 15.0 Å². The highest BCUT2D eigenvalue weighted by Crippen LogP contribution is 2.30. The fourth-order valence-corrected chi connectivity index (χ4v) is 2.80. The minimum Gasteiger partial charge on any atom is -0.408 e. The van der Waals surface area contributed by atoms with E-state index in [0.717, 1.165) is 6.07 Å². The van der Waals surface area contributed by atoms with Gasteiger partial charge in [-0.2, -0.15) is 13.2 Å². The van der Waals surface area contributed by atoms with Crippen molar-refractivity contribution < 1.29 is 22.3 Å². The monoisotopic (exact) mass is 378 g/mol. The van der Waals surface area contributed by atoms with Crippen LogP contribution in [0.3, 0.4) is 0 Å². The number of hydrogen-bond donors (Lipinski definition) is 1. The fourth-order valence-electron chi connectivity index (χ4n) is 2.80. The highest BCUT2D eigenvalue weighted by molar-refractivity contribution is 5.78. The van der Waals surface area contributed by atoms with Crippen molar-refractivity contribution in [1.82, 2.24) is 19.5 Å². The number of aromatic amines is 1. The Bertz CT molecular complexity index is 1190. The lowest BCUT2D eigenvalue weighted by atomic mass is 10.2. The third-order valence-corrected chi connectivity index (χ3v) is 3.96. The van der Waals surface area contributed by atoms with E-state index >= 15 is 0 Å². The lowest BCUT2D eigenvalue weighted by Gasteiger charge is -2.10. The predicted molar refractivity (Wildman–Crippen MR) is 89.6 cm³/mol. The third-order valence-electron chi connectivity index (χ3n) is 3.96. The van der Waals surface area contributed by atoms with E-state index < -0.39 is 17.6 Å². The SMILES string of the molecule is CCOCc1nc2ccc(C(F)(F)F)nc2n1-c1ccc2[nH]c(=O)oc2c1. The molecule has 0 aliphatic rings. The molecule has 0 radical (unpaired) electrons. The molecule has 0 bridgehead atoms. The molecule has 140 valence electrons. The Labute approximate surface area is 149 Å². The molecule has 0 aliphatic carbocycles.